The number of anilines is 1. The maximum atomic E-state index is 13.0. The van der Waals surface area contributed by atoms with Crippen molar-refractivity contribution in [2.45, 2.75) is 12.6 Å². The van der Waals surface area contributed by atoms with Crippen LogP contribution in [0.15, 0.2) is 18.2 Å². The van der Waals surface area contributed by atoms with Gasteiger partial charge in [-0.2, -0.15) is 18.4 Å². The van der Waals surface area contributed by atoms with Crippen molar-refractivity contribution in [3.05, 3.63) is 29.3 Å². The van der Waals surface area contributed by atoms with Crippen LogP contribution in [0.25, 0.3) is 0 Å². The maximum Gasteiger partial charge on any atom is 0.417 e. The fourth-order valence-corrected chi connectivity index (χ4v) is 2.66. The Morgan fingerprint density at radius 3 is 2.78 bits per heavy atom. The van der Waals surface area contributed by atoms with E-state index < -0.39 is 11.7 Å². The van der Waals surface area contributed by atoms with E-state index in [1.54, 1.807) is 19.2 Å². The Hall–Kier alpha value is -1.78. The average Bonchev–Trinajstić information content (AvgIpc) is 2.99. The van der Waals surface area contributed by atoms with Crippen molar-refractivity contribution in [3.8, 4) is 6.07 Å². The SMILES string of the molecule is COCCOCC1CCN(c2ccc(C#N)c(C(F)(F)F)c2)C1. The Morgan fingerprint density at radius 1 is 1.35 bits per heavy atom. The summed E-state index contributed by atoms with van der Waals surface area (Å²) in [7, 11) is 1.60. The lowest BCUT2D eigenvalue weighted by Crippen LogP contribution is -2.22. The van der Waals surface area contributed by atoms with Gasteiger partial charge >= 0.3 is 6.18 Å². The number of methoxy groups -OCH3 is 1. The summed E-state index contributed by atoms with van der Waals surface area (Å²) in [5.41, 5.74) is -0.729. The highest BCUT2D eigenvalue weighted by atomic mass is 19.4. The van der Waals surface area contributed by atoms with Crippen molar-refractivity contribution in [1.29, 1.82) is 5.26 Å². The predicted molar refractivity (Wildman–Crippen MR) is 79.2 cm³/mol. The number of alkyl halides is 3. The zero-order valence-electron chi connectivity index (χ0n) is 12.9. The van der Waals surface area contributed by atoms with Crippen LogP contribution in [0, 0.1) is 17.2 Å². The van der Waals surface area contributed by atoms with Crippen molar-refractivity contribution in [1.82, 2.24) is 0 Å². The van der Waals surface area contributed by atoms with Gasteiger partial charge in [0.25, 0.3) is 0 Å². The second-order valence-corrected chi connectivity index (χ2v) is 5.51. The zero-order chi connectivity index (χ0) is 16.9. The van der Waals surface area contributed by atoms with E-state index in [1.165, 1.54) is 6.07 Å². The minimum absolute atomic E-state index is 0.289. The first kappa shape index (κ1) is 17.6. The van der Waals surface area contributed by atoms with Crippen molar-refractivity contribution in [3.63, 3.8) is 0 Å². The molecule has 1 aliphatic heterocycles. The van der Waals surface area contributed by atoms with Gasteiger partial charge in [-0.05, 0) is 24.6 Å². The van der Waals surface area contributed by atoms with Gasteiger partial charge in [0.2, 0.25) is 0 Å². The van der Waals surface area contributed by atoms with Crippen LogP contribution < -0.4 is 4.90 Å². The molecule has 0 aliphatic carbocycles. The molecule has 0 bridgehead atoms. The first-order valence-electron chi connectivity index (χ1n) is 7.38. The molecule has 2 rings (SSSR count). The van der Waals surface area contributed by atoms with E-state index in [9.17, 15) is 13.2 Å². The maximum absolute atomic E-state index is 13.0. The summed E-state index contributed by atoms with van der Waals surface area (Å²) in [5.74, 6) is 0.289. The van der Waals surface area contributed by atoms with Gasteiger partial charge in [-0.3, -0.25) is 0 Å². The second kappa shape index (κ2) is 7.66. The number of nitrogens with zero attached hydrogens (tertiary/aromatic N) is 2. The van der Waals surface area contributed by atoms with Gasteiger partial charge in [0, 0.05) is 31.8 Å². The van der Waals surface area contributed by atoms with Crippen LogP contribution in [0.2, 0.25) is 0 Å². The van der Waals surface area contributed by atoms with E-state index in [2.05, 4.69) is 0 Å². The van der Waals surface area contributed by atoms with E-state index in [4.69, 9.17) is 14.7 Å². The summed E-state index contributed by atoms with van der Waals surface area (Å²) in [4.78, 5) is 1.90. The lowest BCUT2D eigenvalue weighted by molar-refractivity contribution is -0.137. The summed E-state index contributed by atoms with van der Waals surface area (Å²) in [5, 5.41) is 8.83. The van der Waals surface area contributed by atoms with Gasteiger partial charge in [0.05, 0.1) is 37.0 Å². The average molecular weight is 328 g/mol. The van der Waals surface area contributed by atoms with Gasteiger partial charge in [-0.25, -0.2) is 0 Å². The van der Waals surface area contributed by atoms with E-state index >= 15 is 0 Å². The molecule has 1 aliphatic rings. The van der Waals surface area contributed by atoms with Crippen LogP contribution >= 0.6 is 0 Å². The van der Waals surface area contributed by atoms with E-state index in [0.717, 1.165) is 12.5 Å². The largest absolute Gasteiger partial charge is 0.417 e. The van der Waals surface area contributed by atoms with Crippen molar-refractivity contribution < 1.29 is 22.6 Å². The number of ether oxygens (including phenoxy) is 2. The quantitative estimate of drug-likeness (QED) is 0.753. The normalized spacial score (nSPS) is 18.2. The van der Waals surface area contributed by atoms with Gasteiger partial charge in [0.15, 0.2) is 0 Å². The van der Waals surface area contributed by atoms with Gasteiger partial charge in [-0.15, -0.1) is 0 Å². The van der Waals surface area contributed by atoms with E-state index in [1.807, 2.05) is 4.90 Å². The molecule has 1 unspecified atom stereocenters. The highest BCUT2D eigenvalue weighted by molar-refractivity contribution is 5.55. The Bertz CT molecular complexity index is 569. The van der Waals surface area contributed by atoms with Crippen molar-refractivity contribution in [2.75, 3.05) is 44.9 Å². The van der Waals surface area contributed by atoms with Gasteiger partial charge in [-0.1, -0.05) is 0 Å². The number of hydrogen-bond acceptors (Lipinski definition) is 4. The molecule has 1 fully saturated rings. The third-order valence-electron chi connectivity index (χ3n) is 3.87. The molecule has 1 aromatic carbocycles. The summed E-state index contributed by atoms with van der Waals surface area (Å²) >= 11 is 0. The first-order valence-corrected chi connectivity index (χ1v) is 7.38. The molecule has 1 saturated heterocycles. The van der Waals surface area contributed by atoms with Crippen LogP contribution in [0.1, 0.15) is 17.5 Å². The van der Waals surface area contributed by atoms with Gasteiger partial charge in [0.1, 0.15) is 0 Å². The monoisotopic (exact) mass is 328 g/mol. The van der Waals surface area contributed by atoms with Crippen LogP contribution in [0.4, 0.5) is 18.9 Å². The number of halogens is 3. The highest BCUT2D eigenvalue weighted by Crippen LogP contribution is 2.35. The number of hydrogen-bond donors (Lipinski definition) is 0. The van der Waals surface area contributed by atoms with Crippen LogP contribution in [-0.4, -0.2) is 40.0 Å². The smallest absolute Gasteiger partial charge is 0.382 e. The molecule has 0 N–H and O–H groups in total. The topological polar surface area (TPSA) is 45.5 Å². The number of rotatable bonds is 6. The molecule has 4 nitrogen and oxygen atoms in total. The molecule has 1 heterocycles. The summed E-state index contributed by atoms with van der Waals surface area (Å²) in [6, 6.07) is 5.47. The fraction of sp³-hybridized carbons (Fsp3) is 0.562. The summed E-state index contributed by atoms with van der Waals surface area (Å²) < 4.78 is 49.4. The van der Waals surface area contributed by atoms with Gasteiger partial charge < -0.3 is 14.4 Å². The van der Waals surface area contributed by atoms with E-state index in [0.29, 0.717) is 38.6 Å². The molecule has 7 heteroatoms. The Kier molecular flexibility index (Phi) is 5.85. The molecule has 0 amide bonds. The van der Waals surface area contributed by atoms with Crippen molar-refractivity contribution in [2.24, 2.45) is 5.92 Å². The predicted octanol–water partition coefficient (Wildman–Crippen LogP) is 3.07. The molecule has 0 radical (unpaired) electrons. The zero-order valence-corrected chi connectivity index (χ0v) is 12.9. The fourth-order valence-electron chi connectivity index (χ4n) is 2.66. The highest BCUT2D eigenvalue weighted by Gasteiger charge is 2.34. The van der Waals surface area contributed by atoms with Crippen LogP contribution in [-0.2, 0) is 15.7 Å². The third-order valence-corrected chi connectivity index (χ3v) is 3.87. The molecular formula is C16H19F3N2O2. The Labute approximate surface area is 133 Å². The molecule has 0 saturated carbocycles. The lowest BCUT2D eigenvalue weighted by Gasteiger charge is -2.20. The minimum Gasteiger partial charge on any atom is -0.382 e. The van der Waals surface area contributed by atoms with Crippen LogP contribution in [0.3, 0.4) is 0 Å². The molecule has 1 aromatic rings. The number of nitriles is 1. The first-order chi connectivity index (χ1) is 11.0. The minimum atomic E-state index is -4.52. The third kappa shape index (κ3) is 4.60. The molecule has 1 atom stereocenters. The van der Waals surface area contributed by atoms with Crippen LogP contribution in [0.5, 0.6) is 0 Å². The molecule has 23 heavy (non-hydrogen) atoms. The molecule has 126 valence electrons. The molecule has 0 aromatic heterocycles. The summed E-state index contributed by atoms with van der Waals surface area (Å²) in [6.07, 6.45) is -3.65. The molecule has 0 spiro atoms. The second-order valence-electron chi connectivity index (χ2n) is 5.51. The van der Waals surface area contributed by atoms with E-state index in [-0.39, 0.29) is 11.5 Å². The molecular weight excluding hydrogens is 309 g/mol. The lowest BCUT2D eigenvalue weighted by atomic mass is 10.1. The van der Waals surface area contributed by atoms with Crippen molar-refractivity contribution >= 4 is 5.69 Å². The Morgan fingerprint density at radius 2 is 2.13 bits per heavy atom. The summed E-state index contributed by atoms with van der Waals surface area (Å²) in [6.45, 7) is 2.95. The standard InChI is InChI=1S/C16H19F3N2O2/c1-22-6-7-23-11-12-4-5-21(10-12)14-3-2-13(9-20)15(8-14)16(17,18)19/h2-3,8,12H,4-7,10-11H2,1H3. The number of benzene rings is 1. The Balaban J connectivity index is 2.02.